The van der Waals surface area contributed by atoms with Crippen molar-refractivity contribution in [3.05, 3.63) is 29.3 Å². The van der Waals surface area contributed by atoms with Crippen LogP contribution in [0.1, 0.15) is 17.5 Å². The third-order valence-corrected chi connectivity index (χ3v) is 3.62. The predicted octanol–water partition coefficient (Wildman–Crippen LogP) is 3.44. The number of amides is 1. The molecule has 1 N–H and O–H groups in total. The number of halogens is 2. The quantitative estimate of drug-likeness (QED) is 0.809. The molecule has 1 aromatic rings. The highest BCUT2D eigenvalue weighted by molar-refractivity contribution is 6.52. The maximum Gasteiger partial charge on any atom is 0.230 e. The summed E-state index contributed by atoms with van der Waals surface area (Å²) in [6, 6.07) is 5.89. The average molecular weight is 258 g/mol. The first-order chi connectivity index (χ1) is 7.40. The molecule has 1 atom stereocenters. The normalized spacial score (nSPS) is 21.6. The summed E-state index contributed by atoms with van der Waals surface area (Å²) in [6.07, 6.45) is 0.535. The van der Waals surface area contributed by atoms with Gasteiger partial charge in [-0.15, -0.1) is 23.2 Å². The van der Waals surface area contributed by atoms with Crippen molar-refractivity contribution in [2.75, 3.05) is 5.32 Å². The van der Waals surface area contributed by atoms with Crippen LogP contribution < -0.4 is 5.32 Å². The van der Waals surface area contributed by atoms with E-state index in [2.05, 4.69) is 5.32 Å². The Morgan fingerprint density at radius 1 is 1.44 bits per heavy atom. The number of carbonyl (C=O) groups excluding carboxylic acids is 1. The van der Waals surface area contributed by atoms with Crippen molar-refractivity contribution in [1.29, 1.82) is 0 Å². The Hall–Kier alpha value is -0.730. The molecule has 1 aromatic carbocycles. The van der Waals surface area contributed by atoms with E-state index >= 15 is 0 Å². The molecule has 0 radical (unpaired) electrons. The van der Waals surface area contributed by atoms with Gasteiger partial charge in [-0.3, -0.25) is 4.79 Å². The van der Waals surface area contributed by atoms with Crippen molar-refractivity contribution in [2.24, 2.45) is 5.92 Å². The highest BCUT2D eigenvalue weighted by Crippen LogP contribution is 2.53. The zero-order valence-corrected chi connectivity index (χ0v) is 10.7. The second-order valence-corrected chi connectivity index (χ2v) is 5.87. The van der Waals surface area contributed by atoms with Gasteiger partial charge in [0.25, 0.3) is 0 Å². The average Bonchev–Trinajstić information content (AvgIpc) is 2.80. The first-order valence-electron chi connectivity index (χ1n) is 5.16. The molecule has 1 aliphatic rings. The summed E-state index contributed by atoms with van der Waals surface area (Å²) >= 11 is 11.7. The van der Waals surface area contributed by atoms with Gasteiger partial charge in [0.15, 0.2) is 0 Å². The van der Waals surface area contributed by atoms with Gasteiger partial charge in [0.1, 0.15) is 4.33 Å². The molecule has 0 aliphatic heterocycles. The van der Waals surface area contributed by atoms with E-state index < -0.39 is 4.33 Å². The van der Waals surface area contributed by atoms with Crippen molar-refractivity contribution in [2.45, 2.75) is 24.6 Å². The maximum atomic E-state index is 11.7. The summed E-state index contributed by atoms with van der Waals surface area (Å²) in [6.45, 7) is 3.98. The number of carbonyl (C=O) groups is 1. The van der Waals surface area contributed by atoms with Gasteiger partial charge >= 0.3 is 0 Å². The number of aryl methyl sites for hydroxylation is 2. The Bertz CT molecular complexity index is 443. The third kappa shape index (κ3) is 2.33. The van der Waals surface area contributed by atoms with Crippen LogP contribution >= 0.6 is 23.2 Å². The highest BCUT2D eigenvalue weighted by atomic mass is 35.5. The monoisotopic (exact) mass is 257 g/mol. The SMILES string of the molecule is Cc1ccc(NC(=O)[C@@H]2CC2(Cl)Cl)c(C)c1. The maximum absolute atomic E-state index is 11.7. The van der Waals surface area contributed by atoms with Crippen LogP contribution in [0.5, 0.6) is 0 Å². The molecular weight excluding hydrogens is 245 g/mol. The van der Waals surface area contributed by atoms with Crippen LogP contribution in [0.3, 0.4) is 0 Å². The lowest BCUT2D eigenvalue weighted by Crippen LogP contribution is -2.17. The van der Waals surface area contributed by atoms with E-state index in [0.29, 0.717) is 6.42 Å². The van der Waals surface area contributed by atoms with Crippen LogP contribution in [0.15, 0.2) is 18.2 Å². The van der Waals surface area contributed by atoms with Crippen LogP contribution in [0.4, 0.5) is 5.69 Å². The fourth-order valence-corrected chi connectivity index (χ4v) is 2.18. The van der Waals surface area contributed by atoms with Crippen molar-refractivity contribution < 1.29 is 4.79 Å². The summed E-state index contributed by atoms with van der Waals surface area (Å²) in [5, 5.41) is 2.85. The number of benzene rings is 1. The Balaban J connectivity index is 2.07. The smallest absolute Gasteiger partial charge is 0.230 e. The lowest BCUT2D eigenvalue weighted by molar-refractivity contribution is -0.117. The minimum Gasteiger partial charge on any atom is -0.326 e. The molecule has 86 valence electrons. The summed E-state index contributed by atoms with van der Waals surface area (Å²) in [4.78, 5) is 11.7. The van der Waals surface area contributed by atoms with Crippen molar-refractivity contribution >= 4 is 34.8 Å². The predicted molar refractivity (Wildman–Crippen MR) is 67.1 cm³/mol. The molecule has 0 heterocycles. The Labute approximate surface area is 105 Å². The lowest BCUT2D eigenvalue weighted by atomic mass is 10.1. The fraction of sp³-hybridized carbons (Fsp3) is 0.417. The van der Waals surface area contributed by atoms with Gasteiger partial charge in [-0.25, -0.2) is 0 Å². The molecule has 2 rings (SSSR count). The molecule has 0 aromatic heterocycles. The standard InChI is InChI=1S/C12H13Cl2NO/c1-7-3-4-10(8(2)5-7)15-11(16)9-6-12(9,13)14/h3-5,9H,6H2,1-2H3,(H,15,16)/t9-/m0/s1. The largest absolute Gasteiger partial charge is 0.326 e. The molecular formula is C12H13Cl2NO. The summed E-state index contributed by atoms with van der Waals surface area (Å²) in [5.74, 6) is -0.381. The van der Waals surface area contributed by atoms with Gasteiger partial charge in [0.2, 0.25) is 5.91 Å². The van der Waals surface area contributed by atoms with E-state index in [4.69, 9.17) is 23.2 Å². The number of nitrogens with one attached hydrogen (secondary N) is 1. The van der Waals surface area contributed by atoms with Crippen LogP contribution in [-0.4, -0.2) is 10.2 Å². The number of hydrogen-bond donors (Lipinski definition) is 1. The second kappa shape index (κ2) is 3.94. The Morgan fingerprint density at radius 2 is 2.06 bits per heavy atom. The summed E-state index contributed by atoms with van der Waals surface area (Å²) in [7, 11) is 0. The van der Waals surface area contributed by atoms with Gasteiger partial charge in [0.05, 0.1) is 5.92 Å². The third-order valence-electron chi connectivity index (χ3n) is 2.78. The Morgan fingerprint density at radius 3 is 2.56 bits per heavy atom. The van der Waals surface area contributed by atoms with Gasteiger partial charge < -0.3 is 5.32 Å². The molecule has 1 saturated carbocycles. The molecule has 0 unspecified atom stereocenters. The molecule has 2 nitrogen and oxygen atoms in total. The highest BCUT2D eigenvalue weighted by Gasteiger charge is 2.56. The summed E-state index contributed by atoms with van der Waals surface area (Å²) in [5.41, 5.74) is 3.04. The molecule has 0 bridgehead atoms. The summed E-state index contributed by atoms with van der Waals surface area (Å²) < 4.78 is -0.858. The minimum absolute atomic E-state index is 0.100. The van der Waals surface area contributed by atoms with Crippen LogP contribution in [0, 0.1) is 19.8 Å². The Kier molecular flexibility index (Phi) is 2.89. The van der Waals surface area contributed by atoms with Crippen molar-refractivity contribution in [3.8, 4) is 0 Å². The number of anilines is 1. The molecule has 1 amide bonds. The van der Waals surface area contributed by atoms with Gasteiger partial charge in [-0.2, -0.15) is 0 Å². The lowest BCUT2D eigenvalue weighted by Gasteiger charge is -2.09. The van der Waals surface area contributed by atoms with E-state index in [1.54, 1.807) is 0 Å². The first-order valence-corrected chi connectivity index (χ1v) is 5.92. The van der Waals surface area contributed by atoms with E-state index in [0.717, 1.165) is 11.3 Å². The van der Waals surface area contributed by atoms with Crippen LogP contribution in [0.2, 0.25) is 0 Å². The van der Waals surface area contributed by atoms with Crippen molar-refractivity contribution in [3.63, 3.8) is 0 Å². The topological polar surface area (TPSA) is 29.1 Å². The van der Waals surface area contributed by atoms with Crippen LogP contribution in [-0.2, 0) is 4.79 Å². The zero-order chi connectivity index (χ0) is 11.9. The number of hydrogen-bond acceptors (Lipinski definition) is 1. The molecule has 16 heavy (non-hydrogen) atoms. The van der Waals surface area contributed by atoms with E-state index in [9.17, 15) is 4.79 Å². The zero-order valence-electron chi connectivity index (χ0n) is 9.18. The van der Waals surface area contributed by atoms with E-state index in [1.165, 1.54) is 5.56 Å². The van der Waals surface area contributed by atoms with Gasteiger partial charge in [-0.1, -0.05) is 17.7 Å². The number of rotatable bonds is 2. The fourth-order valence-electron chi connectivity index (χ4n) is 1.67. The minimum atomic E-state index is -0.858. The van der Waals surface area contributed by atoms with Crippen LogP contribution in [0.25, 0.3) is 0 Å². The van der Waals surface area contributed by atoms with E-state index in [1.807, 2.05) is 32.0 Å². The van der Waals surface area contributed by atoms with E-state index in [-0.39, 0.29) is 11.8 Å². The molecule has 1 fully saturated rings. The van der Waals surface area contributed by atoms with Gasteiger partial charge in [0, 0.05) is 5.69 Å². The molecule has 0 saturated heterocycles. The van der Waals surface area contributed by atoms with Gasteiger partial charge in [-0.05, 0) is 31.9 Å². The first kappa shape index (κ1) is 11.7. The molecule has 0 spiro atoms. The number of alkyl halides is 2. The second-order valence-electron chi connectivity index (χ2n) is 4.33. The molecule has 4 heteroatoms. The molecule has 1 aliphatic carbocycles. The van der Waals surface area contributed by atoms with Crippen molar-refractivity contribution in [1.82, 2.24) is 0 Å².